The molecule has 1 N–H and O–H groups in total. The Bertz CT molecular complexity index is 230. The zero-order valence-electron chi connectivity index (χ0n) is 8.17. The number of ether oxygens (including phenoxy) is 1. The number of amides is 1. The number of cyclic esters (lactones) is 1. The SMILES string of the molecule is CC(C)N1CCC2(COC(=O)N2)C1. The molecule has 0 aromatic rings. The van der Waals surface area contributed by atoms with E-state index in [2.05, 4.69) is 24.1 Å². The summed E-state index contributed by atoms with van der Waals surface area (Å²) in [5, 5.41) is 2.91. The van der Waals surface area contributed by atoms with Crippen LogP contribution in [-0.4, -0.2) is 42.3 Å². The maximum Gasteiger partial charge on any atom is 0.407 e. The molecule has 0 radical (unpaired) electrons. The van der Waals surface area contributed by atoms with E-state index in [0.29, 0.717) is 12.6 Å². The monoisotopic (exact) mass is 184 g/mol. The van der Waals surface area contributed by atoms with Crippen LogP contribution in [0, 0.1) is 0 Å². The Morgan fingerprint density at radius 3 is 2.85 bits per heavy atom. The third-order valence-electron chi connectivity index (χ3n) is 2.96. The molecule has 1 unspecified atom stereocenters. The summed E-state index contributed by atoms with van der Waals surface area (Å²) in [5.41, 5.74) is -0.0820. The number of alkyl carbamates (subject to hydrolysis) is 1. The van der Waals surface area contributed by atoms with Crippen LogP contribution in [0.3, 0.4) is 0 Å². The quantitative estimate of drug-likeness (QED) is 0.648. The Balaban J connectivity index is 2.01. The van der Waals surface area contributed by atoms with Crippen molar-refractivity contribution in [2.24, 2.45) is 0 Å². The molecule has 4 nitrogen and oxygen atoms in total. The second-order valence-corrected chi connectivity index (χ2v) is 4.30. The van der Waals surface area contributed by atoms with Crippen molar-refractivity contribution >= 4 is 6.09 Å². The molecule has 2 aliphatic heterocycles. The first-order valence-electron chi connectivity index (χ1n) is 4.80. The molecule has 13 heavy (non-hydrogen) atoms. The van der Waals surface area contributed by atoms with Crippen molar-refractivity contribution < 1.29 is 9.53 Å². The van der Waals surface area contributed by atoms with Gasteiger partial charge in [-0.3, -0.25) is 4.90 Å². The summed E-state index contributed by atoms with van der Waals surface area (Å²) in [6, 6.07) is 0.553. The lowest BCUT2D eigenvalue weighted by Gasteiger charge is -2.23. The molecule has 0 aliphatic carbocycles. The molecule has 1 spiro atoms. The molecule has 1 amide bonds. The second-order valence-electron chi connectivity index (χ2n) is 4.30. The van der Waals surface area contributed by atoms with Gasteiger partial charge in [0.15, 0.2) is 0 Å². The molecule has 2 saturated heterocycles. The van der Waals surface area contributed by atoms with Gasteiger partial charge >= 0.3 is 6.09 Å². The number of nitrogens with one attached hydrogen (secondary N) is 1. The van der Waals surface area contributed by atoms with E-state index >= 15 is 0 Å². The van der Waals surface area contributed by atoms with Gasteiger partial charge in [-0.25, -0.2) is 4.79 Å². The third kappa shape index (κ3) is 1.50. The van der Waals surface area contributed by atoms with Crippen LogP contribution in [0.2, 0.25) is 0 Å². The minimum atomic E-state index is -0.259. The van der Waals surface area contributed by atoms with E-state index in [4.69, 9.17) is 4.74 Å². The molecule has 1 atom stereocenters. The van der Waals surface area contributed by atoms with Crippen LogP contribution in [0.1, 0.15) is 20.3 Å². The van der Waals surface area contributed by atoms with Crippen molar-refractivity contribution in [2.75, 3.05) is 19.7 Å². The Kier molecular flexibility index (Phi) is 1.95. The van der Waals surface area contributed by atoms with Crippen LogP contribution in [0.15, 0.2) is 0 Å². The third-order valence-corrected chi connectivity index (χ3v) is 2.96. The van der Waals surface area contributed by atoms with E-state index in [1.165, 1.54) is 0 Å². The summed E-state index contributed by atoms with van der Waals surface area (Å²) in [6.45, 7) is 6.88. The molecule has 2 rings (SSSR count). The zero-order valence-corrected chi connectivity index (χ0v) is 8.17. The number of hydrogen-bond donors (Lipinski definition) is 1. The topological polar surface area (TPSA) is 41.6 Å². The van der Waals surface area contributed by atoms with Gasteiger partial charge < -0.3 is 10.1 Å². The lowest BCUT2D eigenvalue weighted by Crippen LogP contribution is -2.46. The van der Waals surface area contributed by atoms with Gasteiger partial charge in [0.05, 0.1) is 5.54 Å². The summed E-state index contributed by atoms with van der Waals surface area (Å²) >= 11 is 0. The maximum atomic E-state index is 10.9. The van der Waals surface area contributed by atoms with E-state index < -0.39 is 0 Å². The summed E-state index contributed by atoms with van der Waals surface area (Å²) < 4.78 is 4.94. The van der Waals surface area contributed by atoms with Gasteiger partial charge in [-0.05, 0) is 20.3 Å². The molecular weight excluding hydrogens is 168 g/mol. The first-order chi connectivity index (χ1) is 6.11. The number of hydrogen-bond acceptors (Lipinski definition) is 3. The molecular formula is C9H16N2O2. The fraction of sp³-hybridized carbons (Fsp3) is 0.889. The minimum Gasteiger partial charge on any atom is -0.447 e. The van der Waals surface area contributed by atoms with Gasteiger partial charge in [-0.15, -0.1) is 0 Å². The minimum absolute atomic E-state index is 0.0820. The lowest BCUT2D eigenvalue weighted by molar-refractivity contribution is 0.171. The lowest BCUT2D eigenvalue weighted by atomic mass is 10.0. The highest BCUT2D eigenvalue weighted by Crippen LogP contribution is 2.26. The summed E-state index contributed by atoms with van der Waals surface area (Å²) in [7, 11) is 0. The number of likely N-dealkylation sites (tertiary alicyclic amines) is 1. The number of carbonyl (C=O) groups excluding carboxylic acids is 1. The molecule has 0 aromatic carbocycles. The molecule has 0 saturated carbocycles. The van der Waals surface area contributed by atoms with Crippen molar-refractivity contribution in [3.8, 4) is 0 Å². The van der Waals surface area contributed by atoms with E-state index in [-0.39, 0.29) is 11.6 Å². The Hall–Kier alpha value is -0.770. The molecule has 2 heterocycles. The molecule has 2 fully saturated rings. The summed E-state index contributed by atoms with van der Waals surface area (Å²) in [4.78, 5) is 13.3. The maximum absolute atomic E-state index is 10.9. The highest BCUT2D eigenvalue weighted by Gasteiger charge is 2.45. The van der Waals surface area contributed by atoms with Crippen LogP contribution < -0.4 is 5.32 Å². The predicted octanol–water partition coefficient (Wildman–Crippen LogP) is 0.579. The zero-order chi connectivity index (χ0) is 9.47. The predicted molar refractivity (Wildman–Crippen MR) is 48.5 cm³/mol. The van der Waals surface area contributed by atoms with Crippen LogP contribution in [0.25, 0.3) is 0 Å². The highest BCUT2D eigenvalue weighted by atomic mass is 16.6. The first kappa shape index (κ1) is 8.81. The second kappa shape index (κ2) is 2.87. The largest absolute Gasteiger partial charge is 0.447 e. The standard InChI is InChI=1S/C9H16N2O2/c1-7(2)11-4-3-9(5-11)6-13-8(12)10-9/h7H,3-6H2,1-2H3,(H,10,12). The van der Waals surface area contributed by atoms with Crippen LogP contribution in [0.5, 0.6) is 0 Å². The van der Waals surface area contributed by atoms with Gasteiger partial charge in [0.2, 0.25) is 0 Å². The van der Waals surface area contributed by atoms with Gasteiger partial charge in [-0.1, -0.05) is 0 Å². The van der Waals surface area contributed by atoms with Crippen LogP contribution in [-0.2, 0) is 4.74 Å². The molecule has 0 aromatic heterocycles. The fourth-order valence-corrected chi connectivity index (χ4v) is 2.06. The number of carbonyl (C=O) groups is 1. The average molecular weight is 184 g/mol. The fourth-order valence-electron chi connectivity index (χ4n) is 2.06. The molecule has 74 valence electrons. The Morgan fingerprint density at radius 2 is 2.38 bits per heavy atom. The average Bonchev–Trinajstić information content (AvgIpc) is 2.61. The van der Waals surface area contributed by atoms with E-state index in [1.807, 2.05) is 0 Å². The van der Waals surface area contributed by atoms with Crippen molar-refractivity contribution in [3.63, 3.8) is 0 Å². The molecule has 2 aliphatic rings. The van der Waals surface area contributed by atoms with Gasteiger partial charge in [0, 0.05) is 19.1 Å². The van der Waals surface area contributed by atoms with E-state index in [9.17, 15) is 4.79 Å². The van der Waals surface area contributed by atoms with E-state index in [0.717, 1.165) is 19.5 Å². The van der Waals surface area contributed by atoms with Crippen molar-refractivity contribution in [1.82, 2.24) is 10.2 Å². The van der Waals surface area contributed by atoms with E-state index in [1.54, 1.807) is 0 Å². The number of rotatable bonds is 1. The van der Waals surface area contributed by atoms with Gasteiger partial charge in [0.1, 0.15) is 6.61 Å². The molecule has 0 bridgehead atoms. The summed E-state index contributed by atoms with van der Waals surface area (Å²) in [6.07, 6.45) is 0.752. The van der Waals surface area contributed by atoms with Crippen molar-refractivity contribution in [3.05, 3.63) is 0 Å². The molecule has 4 heteroatoms. The van der Waals surface area contributed by atoms with Crippen LogP contribution >= 0.6 is 0 Å². The Labute approximate surface area is 78.2 Å². The normalized spacial score (nSPS) is 34.2. The smallest absolute Gasteiger partial charge is 0.407 e. The first-order valence-corrected chi connectivity index (χ1v) is 4.80. The van der Waals surface area contributed by atoms with Gasteiger partial charge in [-0.2, -0.15) is 0 Å². The Morgan fingerprint density at radius 1 is 1.62 bits per heavy atom. The van der Waals surface area contributed by atoms with Gasteiger partial charge in [0.25, 0.3) is 0 Å². The summed E-state index contributed by atoms with van der Waals surface area (Å²) in [5.74, 6) is 0. The number of nitrogens with zero attached hydrogens (tertiary/aromatic N) is 1. The van der Waals surface area contributed by atoms with Crippen LogP contribution in [0.4, 0.5) is 4.79 Å². The van der Waals surface area contributed by atoms with Crippen molar-refractivity contribution in [1.29, 1.82) is 0 Å². The highest BCUT2D eigenvalue weighted by molar-refractivity contribution is 5.70. The van der Waals surface area contributed by atoms with Crippen molar-refractivity contribution in [2.45, 2.75) is 31.8 Å².